The zero-order chi connectivity index (χ0) is 15.5. The monoisotopic (exact) mass is 314 g/mol. The van der Waals surface area contributed by atoms with Crippen molar-refractivity contribution < 1.29 is 22.5 Å². The van der Waals surface area contributed by atoms with Crippen molar-refractivity contribution in [3.05, 3.63) is 35.4 Å². The summed E-state index contributed by atoms with van der Waals surface area (Å²) in [6, 6.07) is 6.49. The number of nitriles is 1. The number of ether oxygens (including phenoxy) is 1. The molecule has 1 fully saturated rings. The number of amides is 1. The number of halogens is 2. The molecule has 5 nitrogen and oxygen atoms in total. The van der Waals surface area contributed by atoms with Gasteiger partial charge in [-0.15, -0.1) is 0 Å². The molecule has 0 N–H and O–H groups in total. The molecule has 1 saturated heterocycles. The van der Waals surface area contributed by atoms with Crippen LogP contribution in [0.25, 0.3) is 0 Å². The van der Waals surface area contributed by atoms with E-state index in [0.29, 0.717) is 0 Å². The largest absolute Gasteiger partial charge is 0.379 e. The maximum atomic E-state index is 14.2. The second-order valence-electron chi connectivity index (χ2n) is 4.42. The van der Waals surface area contributed by atoms with Gasteiger partial charge in [0.25, 0.3) is 0 Å². The number of hydrogen-bond donors (Lipinski definition) is 0. The molecule has 0 spiro atoms. The van der Waals surface area contributed by atoms with Gasteiger partial charge in [0, 0.05) is 5.56 Å². The Balaban J connectivity index is 2.40. The van der Waals surface area contributed by atoms with Crippen LogP contribution in [0, 0.1) is 11.3 Å². The molecule has 1 aromatic rings. The standard InChI is InChI=1S/C13H12F2N2O3S/c14-13(15,11-4-2-1-3-10(11)9-16)12(18)17-21(19)7-5-20-6-8-21/h1-4H,5-8H2. The number of carbonyl (C=O) groups is 1. The predicted molar refractivity (Wildman–Crippen MR) is 71.2 cm³/mol. The van der Waals surface area contributed by atoms with Crippen LogP contribution in [-0.4, -0.2) is 34.8 Å². The topological polar surface area (TPSA) is 79.5 Å². The highest BCUT2D eigenvalue weighted by molar-refractivity contribution is 7.93. The Morgan fingerprint density at radius 2 is 1.95 bits per heavy atom. The Labute approximate surface area is 120 Å². The lowest BCUT2D eigenvalue weighted by molar-refractivity contribution is -0.142. The Hall–Kier alpha value is -1.85. The molecule has 0 unspecified atom stereocenters. The molecule has 1 aliphatic rings. The molecule has 8 heteroatoms. The molecule has 0 bridgehead atoms. The van der Waals surface area contributed by atoms with Crippen molar-refractivity contribution in [1.82, 2.24) is 0 Å². The van der Waals surface area contributed by atoms with Gasteiger partial charge in [-0.25, -0.2) is 4.21 Å². The fourth-order valence-electron chi connectivity index (χ4n) is 1.85. The first-order chi connectivity index (χ1) is 9.89. The molecular weight excluding hydrogens is 302 g/mol. The third-order valence-corrected chi connectivity index (χ3v) is 5.10. The van der Waals surface area contributed by atoms with E-state index in [4.69, 9.17) is 10.00 Å². The first kappa shape index (κ1) is 15.5. The maximum absolute atomic E-state index is 14.2. The Morgan fingerprint density at radius 1 is 1.33 bits per heavy atom. The maximum Gasteiger partial charge on any atom is 0.353 e. The van der Waals surface area contributed by atoms with Gasteiger partial charge in [-0.05, 0) is 6.07 Å². The molecule has 0 aliphatic carbocycles. The molecule has 1 amide bonds. The van der Waals surface area contributed by atoms with E-state index in [1.807, 2.05) is 0 Å². The Bertz CT molecular complexity index is 706. The number of hydrogen-bond acceptors (Lipinski definition) is 4. The van der Waals surface area contributed by atoms with Gasteiger partial charge in [-0.3, -0.25) is 4.79 Å². The highest BCUT2D eigenvalue weighted by Crippen LogP contribution is 2.32. The lowest BCUT2D eigenvalue weighted by Gasteiger charge is -2.18. The van der Waals surface area contributed by atoms with Gasteiger partial charge in [0.1, 0.15) is 0 Å². The van der Waals surface area contributed by atoms with Gasteiger partial charge in [0.2, 0.25) is 0 Å². The summed E-state index contributed by atoms with van der Waals surface area (Å²) in [6.45, 7) is 0.242. The number of benzene rings is 1. The van der Waals surface area contributed by atoms with Crippen LogP contribution in [0.15, 0.2) is 28.6 Å². The lowest BCUT2D eigenvalue weighted by atomic mass is 10.0. The third kappa shape index (κ3) is 3.25. The molecule has 2 rings (SSSR count). The van der Waals surface area contributed by atoms with Gasteiger partial charge in [0.15, 0.2) is 0 Å². The molecule has 0 aromatic heterocycles. The number of rotatable bonds is 2. The summed E-state index contributed by atoms with van der Waals surface area (Å²) in [5.74, 6) is -5.85. The summed E-state index contributed by atoms with van der Waals surface area (Å²) in [4.78, 5) is 11.8. The Morgan fingerprint density at radius 3 is 2.57 bits per heavy atom. The van der Waals surface area contributed by atoms with E-state index < -0.39 is 27.1 Å². The molecular formula is C13H12F2N2O3S. The van der Waals surface area contributed by atoms with E-state index >= 15 is 0 Å². The van der Waals surface area contributed by atoms with Crippen LogP contribution in [-0.2, 0) is 25.2 Å². The van der Waals surface area contributed by atoms with Crippen LogP contribution in [0.1, 0.15) is 11.1 Å². The van der Waals surface area contributed by atoms with Crippen molar-refractivity contribution in [1.29, 1.82) is 5.26 Å². The van der Waals surface area contributed by atoms with Crippen LogP contribution >= 0.6 is 0 Å². The van der Waals surface area contributed by atoms with Crippen LogP contribution in [0.2, 0.25) is 0 Å². The normalized spacial score (nSPS) is 17.8. The number of nitrogens with zero attached hydrogens (tertiary/aromatic N) is 2. The van der Waals surface area contributed by atoms with E-state index in [0.717, 1.165) is 6.07 Å². The zero-order valence-electron chi connectivity index (χ0n) is 10.9. The van der Waals surface area contributed by atoms with E-state index in [-0.39, 0.29) is 30.3 Å². The van der Waals surface area contributed by atoms with Crippen molar-refractivity contribution in [2.75, 3.05) is 24.7 Å². The predicted octanol–water partition coefficient (Wildman–Crippen LogP) is 1.67. The smallest absolute Gasteiger partial charge is 0.353 e. The van der Waals surface area contributed by atoms with Gasteiger partial charge in [-0.2, -0.15) is 18.4 Å². The van der Waals surface area contributed by atoms with Crippen molar-refractivity contribution in [2.45, 2.75) is 5.92 Å². The van der Waals surface area contributed by atoms with E-state index in [2.05, 4.69) is 4.36 Å². The molecule has 1 aliphatic heterocycles. The zero-order valence-corrected chi connectivity index (χ0v) is 11.7. The van der Waals surface area contributed by atoms with Crippen LogP contribution < -0.4 is 0 Å². The average molecular weight is 314 g/mol. The van der Waals surface area contributed by atoms with E-state index in [1.165, 1.54) is 18.2 Å². The van der Waals surface area contributed by atoms with Crippen molar-refractivity contribution in [2.24, 2.45) is 4.36 Å². The highest BCUT2D eigenvalue weighted by Gasteiger charge is 2.43. The minimum absolute atomic E-state index is 0.0469. The van der Waals surface area contributed by atoms with E-state index in [9.17, 15) is 17.8 Å². The number of alkyl halides is 2. The second-order valence-corrected chi connectivity index (χ2v) is 6.97. The van der Waals surface area contributed by atoms with Gasteiger partial charge < -0.3 is 4.74 Å². The van der Waals surface area contributed by atoms with E-state index in [1.54, 1.807) is 6.07 Å². The lowest BCUT2D eigenvalue weighted by Crippen LogP contribution is -2.31. The van der Waals surface area contributed by atoms with Gasteiger partial charge >= 0.3 is 11.8 Å². The summed E-state index contributed by atoms with van der Waals surface area (Å²) in [7, 11) is -3.01. The highest BCUT2D eigenvalue weighted by atomic mass is 32.2. The van der Waals surface area contributed by atoms with Crippen molar-refractivity contribution in [3.63, 3.8) is 0 Å². The molecule has 21 heavy (non-hydrogen) atoms. The molecule has 1 heterocycles. The fraction of sp³-hybridized carbons (Fsp3) is 0.385. The minimum Gasteiger partial charge on any atom is -0.379 e. The first-order valence-electron chi connectivity index (χ1n) is 6.11. The molecule has 112 valence electrons. The molecule has 0 saturated carbocycles. The number of carbonyl (C=O) groups excluding carboxylic acids is 1. The van der Waals surface area contributed by atoms with Crippen LogP contribution in [0.5, 0.6) is 0 Å². The molecule has 0 atom stereocenters. The summed E-state index contributed by atoms with van der Waals surface area (Å²) < 4.78 is 48.7. The Kier molecular flexibility index (Phi) is 4.34. The molecule has 1 aromatic carbocycles. The molecule has 0 radical (unpaired) electrons. The van der Waals surface area contributed by atoms with Crippen molar-refractivity contribution >= 4 is 15.6 Å². The summed E-state index contributed by atoms with van der Waals surface area (Å²) in [5, 5.41) is 8.84. The van der Waals surface area contributed by atoms with Gasteiger partial charge in [0.05, 0.1) is 46.1 Å². The summed E-state index contributed by atoms with van der Waals surface area (Å²) >= 11 is 0. The summed E-state index contributed by atoms with van der Waals surface area (Å²) in [5.41, 5.74) is -1.04. The third-order valence-electron chi connectivity index (χ3n) is 3.00. The van der Waals surface area contributed by atoms with Crippen LogP contribution in [0.4, 0.5) is 8.78 Å². The van der Waals surface area contributed by atoms with Crippen molar-refractivity contribution in [3.8, 4) is 6.07 Å². The summed E-state index contributed by atoms with van der Waals surface area (Å²) in [6.07, 6.45) is 0. The SMILES string of the molecule is N#Cc1ccccc1C(F)(F)C(=O)N=S1(=O)CCOCC1. The first-order valence-corrected chi connectivity index (χ1v) is 7.96. The average Bonchev–Trinajstić information content (AvgIpc) is 2.47. The quantitative estimate of drug-likeness (QED) is 0.832. The van der Waals surface area contributed by atoms with Gasteiger partial charge in [-0.1, -0.05) is 18.2 Å². The second kappa shape index (κ2) is 5.87. The van der Waals surface area contributed by atoms with Crippen LogP contribution in [0.3, 0.4) is 0 Å². The fourth-order valence-corrected chi connectivity index (χ4v) is 3.41. The minimum atomic E-state index is -3.98.